The van der Waals surface area contributed by atoms with Gasteiger partial charge in [0.15, 0.2) is 0 Å². The van der Waals surface area contributed by atoms with Crippen LogP contribution in [0.3, 0.4) is 0 Å². The van der Waals surface area contributed by atoms with Crippen LogP contribution in [0, 0.1) is 5.92 Å². The van der Waals surface area contributed by atoms with Gasteiger partial charge in [-0.25, -0.2) is 13.2 Å². The Labute approximate surface area is 118 Å². The molecule has 0 aromatic heterocycles. The summed E-state index contributed by atoms with van der Waals surface area (Å²) in [5, 5.41) is 11.7. The average molecular weight is 304 g/mol. The molecule has 0 bridgehead atoms. The highest BCUT2D eigenvalue weighted by atomic mass is 32.2. The number of amides is 2. The zero-order chi connectivity index (χ0) is 14.8. The molecule has 0 aromatic carbocycles. The summed E-state index contributed by atoms with van der Waals surface area (Å²) in [5.74, 6) is -0.917. The lowest BCUT2D eigenvalue weighted by Gasteiger charge is -2.32. The normalized spacial score (nSPS) is 24.3. The van der Waals surface area contributed by atoms with Crippen molar-refractivity contribution in [2.45, 2.75) is 31.7 Å². The molecule has 2 heterocycles. The van der Waals surface area contributed by atoms with E-state index in [9.17, 15) is 18.0 Å². The van der Waals surface area contributed by atoms with Crippen LogP contribution in [0.5, 0.6) is 0 Å². The van der Waals surface area contributed by atoms with Gasteiger partial charge in [0, 0.05) is 19.1 Å². The smallest absolute Gasteiger partial charge is 0.317 e. The molecule has 0 saturated carbocycles. The molecule has 2 aliphatic rings. The fraction of sp³-hybridized carbons (Fsp3) is 0.833. The summed E-state index contributed by atoms with van der Waals surface area (Å²) in [4.78, 5) is 24.5. The van der Waals surface area contributed by atoms with Crippen molar-refractivity contribution < 1.29 is 23.1 Å². The maximum absolute atomic E-state index is 12.0. The number of nitrogens with zero attached hydrogens (tertiary/aromatic N) is 1. The Morgan fingerprint density at radius 1 is 1.05 bits per heavy atom. The minimum Gasteiger partial charge on any atom is -0.481 e. The van der Waals surface area contributed by atoms with Crippen LogP contribution < -0.4 is 5.32 Å². The fourth-order valence-electron chi connectivity index (χ4n) is 2.63. The van der Waals surface area contributed by atoms with E-state index in [1.54, 1.807) is 4.90 Å². The second-order valence-electron chi connectivity index (χ2n) is 5.48. The monoisotopic (exact) mass is 304 g/mol. The van der Waals surface area contributed by atoms with Gasteiger partial charge in [-0.3, -0.25) is 4.79 Å². The van der Waals surface area contributed by atoms with Gasteiger partial charge >= 0.3 is 12.0 Å². The summed E-state index contributed by atoms with van der Waals surface area (Å²) in [5.41, 5.74) is 0. The zero-order valence-corrected chi connectivity index (χ0v) is 12.1. The highest BCUT2D eigenvalue weighted by molar-refractivity contribution is 7.91. The number of carboxylic acids is 1. The number of piperidine rings is 1. The van der Waals surface area contributed by atoms with Crippen LogP contribution in [0.25, 0.3) is 0 Å². The van der Waals surface area contributed by atoms with E-state index in [2.05, 4.69) is 5.32 Å². The highest BCUT2D eigenvalue weighted by Gasteiger charge is 2.29. The minimum atomic E-state index is -2.92. The molecule has 2 aliphatic heterocycles. The summed E-state index contributed by atoms with van der Waals surface area (Å²) >= 11 is 0. The van der Waals surface area contributed by atoms with Crippen molar-refractivity contribution in [3.05, 3.63) is 0 Å². The van der Waals surface area contributed by atoms with Crippen LogP contribution in [0.1, 0.15) is 25.7 Å². The van der Waals surface area contributed by atoms with Gasteiger partial charge < -0.3 is 15.3 Å². The van der Waals surface area contributed by atoms with Gasteiger partial charge in [-0.2, -0.15) is 0 Å². The average Bonchev–Trinajstić information content (AvgIpc) is 2.41. The third-order valence-corrected chi connectivity index (χ3v) is 5.73. The van der Waals surface area contributed by atoms with Gasteiger partial charge in [-0.05, 0) is 25.7 Å². The Kier molecular flexibility index (Phi) is 4.52. The van der Waals surface area contributed by atoms with Crippen molar-refractivity contribution in [2.24, 2.45) is 5.92 Å². The van der Waals surface area contributed by atoms with E-state index in [1.807, 2.05) is 0 Å². The topological polar surface area (TPSA) is 104 Å². The van der Waals surface area contributed by atoms with Gasteiger partial charge in [0.05, 0.1) is 17.4 Å². The van der Waals surface area contributed by atoms with E-state index >= 15 is 0 Å². The van der Waals surface area contributed by atoms with E-state index in [1.165, 1.54) is 0 Å². The summed E-state index contributed by atoms with van der Waals surface area (Å²) in [6, 6.07) is -0.304. The summed E-state index contributed by atoms with van der Waals surface area (Å²) < 4.78 is 22.6. The van der Waals surface area contributed by atoms with E-state index in [4.69, 9.17) is 5.11 Å². The van der Waals surface area contributed by atoms with E-state index in [-0.39, 0.29) is 29.5 Å². The Morgan fingerprint density at radius 2 is 1.60 bits per heavy atom. The van der Waals surface area contributed by atoms with Crippen LogP contribution in [0.4, 0.5) is 4.79 Å². The van der Waals surface area contributed by atoms with Crippen LogP contribution in [-0.4, -0.2) is 61.1 Å². The number of carbonyl (C=O) groups is 2. The van der Waals surface area contributed by atoms with Gasteiger partial charge in [0.25, 0.3) is 0 Å². The maximum atomic E-state index is 12.0. The largest absolute Gasteiger partial charge is 0.481 e. The Bertz CT molecular complexity index is 468. The molecule has 2 amide bonds. The van der Waals surface area contributed by atoms with Crippen molar-refractivity contribution in [1.29, 1.82) is 0 Å². The molecule has 0 atom stereocenters. The van der Waals surface area contributed by atoms with Crippen LogP contribution in [-0.2, 0) is 14.6 Å². The molecule has 8 heteroatoms. The first-order valence-electron chi connectivity index (χ1n) is 6.86. The molecule has 0 unspecified atom stereocenters. The summed E-state index contributed by atoms with van der Waals surface area (Å²) in [6.07, 6.45) is 1.86. The molecule has 0 radical (unpaired) electrons. The molecule has 7 nitrogen and oxygen atoms in total. The quantitative estimate of drug-likeness (QED) is 0.751. The number of rotatable bonds is 2. The van der Waals surface area contributed by atoms with Crippen LogP contribution in [0.2, 0.25) is 0 Å². The number of carboxylic acid groups (broad SMARTS) is 1. The number of hydrogen-bond acceptors (Lipinski definition) is 4. The second kappa shape index (κ2) is 5.99. The molecule has 2 rings (SSSR count). The second-order valence-corrected chi connectivity index (χ2v) is 7.78. The molecule has 2 saturated heterocycles. The lowest BCUT2D eigenvalue weighted by atomic mass is 9.97. The number of urea groups is 1. The van der Waals surface area contributed by atoms with Gasteiger partial charge in [-0.15, -0.1) is 0 Å². The minimum absolute atomic E-state index is 0.0942. The molecule has 0 aromatic rings. The molecule has 2 fully saturated rings. The highest BCUT2D eigenvalue weighted by Crippen LogP contribution is 2.18. The number of nitrogens with one attached hydrogen (secondary N) is 1. The SMILES string of the molecule is O=C(O)C1CCN(C(=O)NC2CCS(=O)(=O)CC2)CC1. The van der Waals surface area contributed by atoms with Crippen molar-refractivity contribution in [3.8, 4) is 0 Å². The molecule has 0 spiro atoms. The Morgan fingerprint density at radius 3 is 2.10 bits per heavy atom. The predicted molar refractivity (Wildman–Crippen MR) is 72.1 cm³/mol. The van der Waals surface area contributed by atoms with Crippen LogP contribution in [0.15, 0.2) is 0 Å². The number of likely N-dealkylation sites (tertiary alicyclic amines) is 1. The van der Waals surface area contributed by atoms with Gasteiger partial charge in [0.2, 0.25) is 0 Å². The Balaban J connectivity index is 1.77. The van der Waals surface area contributed by atoms with Gasteiger partial charge in [-0.1, -0.05) is 0 Å². The van der Waals surface area contributed by atoms with Crippen molar-refractivity contribution in [3.63, 3.8) is 0 Å². The summed E-state index contributed by atoms with van der Waals surface area (Å²) in [7, 11) is -2.92. The fourth-order valence-corrected chi connectivity index (χ4v) is 4.12. The first kappa shape index (κ1) is 15.1. The summed E-state index contributed by atoms with van der Waals surface area (Å²) in [6.45, 7) is 0.877. The maximum Gasteiger partial charge on any atom is 0.317 e. The number of carbonyl (C=O) groups excluding carboxylic acids is 1. The lowest BCUT2D eigenvalue weighted by Crippen LogP contribution is -2.50. The zero-order valence-electron chi connectivity index (χ0n) is 11.2. The molecule has 114 valence electrons. The molecular weight excluding hydrogens is 284 g/mol. The molecule has 20 heavy (non-hydrogen) atoms. The third-order valence-electron chi connectivity index (χ3n) is 4.01. The van der Waals surface area contributed by atoms with Crippen molar-refractivity contribution in [1.82, 2.24) is 10.2 Å². The number of sulfone groups is 1. The lowest BCUT2D eigenvalue weighted by molar-refractivity contribution is -0.143. The van der Waals surface area contributed by atoms with Crippen molar-refractivity contribution >= 4 is 21.8 Å². The van der Waals surface area contributed by atoms with Crippen molar-refractivity contribution in [2.75, 3.05) is 24.6 Å². The number of hydrogen-bond donors (Lipinski definition) is 2. The molecule has 0 aliphatic carbocycles. The standard InChI is InChI=1S/C12H20N2O5S/c15-11(16)9-1-5-14(6-2-9)12(17)13-10-3-7-20(18,19)8-4-10/h9-10H,1-8H2,(H,13,17)(H,15,16). The number of aliphatic carboxylic acids is 1. The predicted octanol–water partition coefficient (Wildman–Crippen LogP) is 0.0698. The first-order chi connectivity index (χ1) is 9.37. The van der Waals surface area contributed by atoms with E-state index in [0.29, 0.717) is 38.8 Å². The third kappa shape index (κ3) is 3.84. The molecule has 2 N–H and O–H groups in total. The Hall–Kier alpha value is -1.31. The van der Waals surface area contributed by atoms with Crippen LogP contribution >= 0.6 is 0 Å². The van der Waals surface area contributed by atoms with E-state index < -0.39 is 15.8 Å². The molecular formula is C12H20N2O5S. The first-order valence-corrected chi connectivity index (χ1v) is 8.68. The van der Waals surface area contributed by atoms with E-state index in [0.717, 1.165) is 0 Å². The van der Waals surface area contributed by atoms with Gasteiger partial charge in [0.1, 0.15) is 9.84 Å².